The van der Waals surface area contributed by atoms with Gasteiger partial charge in [-0.25, -0.2) is 13.4 Å². The van der Waals surface area contributed by atoms with Crippen LogP contribution in [-0.4, -0.2) is 94.0 Å². The largest absolute Gasteiger partial charge is 0.497 e. The fourth-order valence-electron chi connectivity index (χ4n) is 4.67. The summed E-state index contributed by atoms with van der Waals surface area (Å²) in [5, 5.41) is 0.870. The van der Waals surface area contributed by atoms with Crippen molar-refractivity contribution in [3.8, 4) is 11.6 Å². The molecule has 204 valence electrons. The van der Waals surface area contributed by atoms with Crippen LogP contribution in [0.15, 0.2) is 53.4 Å². The summed E-state index contributed by atoms with van der Waals surface area (Å²) < 4.78 is 49.9. The second kappa shape index (κ2) is 11.5. The first-order valence-electron chi connectivity index (χ1n) is 12.8. The number of aromatic nitrogens is 2. The molecule has 3 heterocycles. The van der Waals surface area contributed by atoms with Gasteiger partial charge in [-0.05, 0) is 36.4 Å². The molecule has 2 fully saturated rings. The van der Waals surface area contributed by atoms with Gasteiger partial charge in [0.1, 0.15) is 18.4 Å². The number of methoxy groups -OCH3 is 1. The normalized spacial score (nSPS) is 18.9. The van der Waals surface area contributed by atoms with Gasteiger partial charge in [-0.1, -0.05) is 19.1 Å². The Balaban J connectivity index is 1.20. The first-order chi connectivity index (χ1) is 18.4. The maximum Gasteiger partial charge on any atom is 0.243 e. The minimum absolute atomic E-state index is 0.240. The summed E-state index contributed by atoms with van der Waals surface area (Å²) in [4.78, 5) is 12.0. The third-order valence-electron chi connectivity index (χ3n) is 6.92. The van der Waals surface area contributed by atoms with Gasteiger partial charge in [0.05, 0.1) is 42.7 Å². The van der Waals surface area contributed by atoms with Gasteiger partial charge in [0.2, 0.25) is 15.9 Å². The van der Waals surface area contributed by atoms with E-state index < -0.39 is 10.0 Å². The molecule has 0 unspecified atom stereocenters. The van der Waals surface area contributed by atoms with Gasteiger partial charge in [-0.15, -0.1) is 0 Å². The molecule has 10 nitrogen and oxygen atoms in total. The third-order valence-corrected chi connectivity index (χ3v) is 8.83. The van der Waals surface area contributed by atoms with Crippen LogP contribution in [0.3, 0.4) is 0 Å². The number of sulfonamides is 1. The van der Waals surface area contributed by atoms with Crippen molar-refractivity contribution in [2.75, 3.05) is 66.4 Å². The van der Waals surface area contributed by atoms with Crippen molar-refractivity contribution < 1.29 is 27.4 Å². The van der Waals surface area contributed by atoms with Crippen LogP contribution in [0.5, 0.6) is 11.6 Å². The zero-order valence-corrected chi connectivity index (χ0v) is 22.7. The highest BCUT2D eigenvalue weighted by atomic mass is 32.2. The molecular formula is C27H34N4O6S. The highest BCUT2D eigenvalue weighted by Gasteiger charge is 2.31. The van der Waals surface area contributed by atoms with Gasteiger partial charge < -0.3 is 23.8 Å². The maximum absolute atomic E-state index is 13.1. The lowest BCUT2D eigenvalue weighted by atomic mass is 9.94. The van der Waals surface area contributed by atoms with Crippen molar-refractivity contribution >= 4 is 20.9 Å². The van der Waals surface area contributed by atoms with Crippen LogP contribution in [0.4, 0.5) is 0 Å². The van der Waals surface area contributed by atoms with Crippen LogP contribution in [0.1, 0.15) is 12.7 Å². The van der Waals surface area contributed by atoms with Crippen LogP contribution < -0.4 is 9.47 Å². The molecule has 0 radical (unpaired) electrons. The lowest BCUT2D eigenvalue weighted by Crippen LogP contribution is -2.49. The summed E-state index contributed by atoms with van der Waals surface area (Å²) in [6.45, 7) is 6.85. The van der Waals surface area contributed by atoms with E-state index in [0.29, 0.717) is 76.7 Å². The first-order valence-corrected chi connectivity index (χ1v) is 14.2. The van der Waals surface area contributed by atoms with Crippen molar-refractivity contribution in [1.82, 2.24) is 19.2 Å². The summed E-state index contributed by atoms with van der Waals surface area (Å²) in [6, 6.07) is 14.3. The Morgan fingerprint density at radius 2 is 1.68 bits per heavy atom. The number of benzene rings is 2. The zero-order chi connectivity index (χ0) is 26.6. The summed E-state index contributed by atoms with van der Waals surface area (Å²) in [7, 11) is -1.98. The second-order valence-electron chi connectivity index (χ2n) is 10.0. The van der Waals surface area contributed by atoms with Crippen LogP contribution in [0.25, 0.3) is 10.9 Å². The van der Waals surface area contributed by atoms with Crippen LogP contribution in [0.2, 0.25) is 0 Å². The summed E-state index contributed by atoms with van der Waals surface area (Å²) >= 11 is 0. The molecule has 0 bridgehead atoms. The van der Waals surface area contributed by atoms with Crippen LogP contribution >= 0.6 is 0 Å². The average Bonchev–Trinajstić information content (AvgIpc) is 2.95. The molecule has 2 aliphatic rings. The smallest absolute Gasteiger partial charge is 0.243 e. The molecule has 0 atom stereocenters. The number of ether oxygens (including phenoxy) is 4. The van der Waals surface area contributed by atoms with E-state index in [0.717, 1.165) is 17.4 Å². The Morgan fingerprint density at radius 3 is 2.39 bits per heavy atom. The molecule has 0 N–H and O–H groups in total. The molecule has 38 heavy (non-hydrogen) atoms. The fourth-order valence-corrected chi connectivity index (χ4v) is 6.09. The minimum atomic E-state index is -3.54. The quantitative estimate of drug-likeness (QED) is 0.404. The van der Waals surface area contributed by atoms with Gasteiger partial charge in [0, 0.05) is 44.6 Å². The predicted molar refractivity (Wildman–Crippen MR) is 142 cm³/mol. The van der Waals surface area contributed by atoms with Crippen LogP contribution in [0, 0.1) is 5.41 Å². The Labute approximate surface area is 223 Å². The molecule has 11 heteroatoms. The number of fused-ring (bicyclic) bond motifs is 1. The summed E-state index contributed by atoms with van der Waals surface area (Å²) in [5.74, 6) is 1.89. The minimum Gasteiger partial charge on any atom is -0.497 e. The molecule has 3 aromatic rings. The highest BCUT2D eigenvalue weighted by molar-refractivity contribution is 7.89. The van der Waals surface area contributed by atoms with Crippen molar-refractivity contribution in [1.29, 1.82) is 0 Å². The van der Waals surface area contributed by atoms with Crippen molar-refractivity contribution in [2.45, 2.75) is 18.2 Å². The molecule has 5 rings (SSSR count). The lowest BCUT2D eigenvalue weighted by Gasteiger charge is -2.34. The molecule has 2 aromatic carbocycles. The zero-order valence-electron chi connectivity index (χ0n) is 21.8. The number of hydrogen-bond donors (Lipinski definition) is 0. The van der Waals surface area contributed by atoms with Crippen LogP contribution in [-0.2, 0) is 25.9 Å². The molecule has 0 spiro atoms. The number of nitrogens with zero attached hydrogens (tertiary/aromatic N) is 4. The van der Waals surface area contributed by atoms with Crippen molar-refractivity contribution in [2.24, 2.45) is 5.41 Å². The Bertz CT molecular complexity index is 1340. The van der Waals surface area contributed by atoms with E-state index in [1.807, 2.05) is 24.3 Å². The van der Waals surface area contributed by atoms with E-state index in [4.69, 9.17) is 28.9 Å². The van der Waals surface area contributed by atoms with Gasteiger partial charge in [-0.2, -0.15) is 9.29 Å². The van der Waals surface area contributed by atoms with Gasteiger partial charge in [0.25, 0.3) is 0 Å². The maximum atomic E-state index is 13.1. The molecule has 0 aliphatic carbocycles. The number of piperazine rings is 1. The summed E-state index contributed by atoms with van der Waals surface area (Å²) in [5.41, 5.74) is 0.597. The first kappa shape index (κ1) is 26.8. The van der Waals surface area contributed by atoms with E-state index in [1.165, 1.54) is 0 Å². The molecule has 0 amide bonds. The fraction of sp³-hybridized carbons (Fsp3) is 0.481. The highest BCUT2D eigenvalue weighted by Crippen LogP contribution is 2.27. The standard InChI is InChI=1S/C27H34N4O6S/c1-27(17-35-20-36-18-27)19-37-26-23-5-3-4-6-24(23)28-25(29-26)11-12-30-13-15-31(16-14-30)38(32,33)22-9-7-21(34-2)8-10-22/h3-10H,11-20H2,1-2H3. The SMILES string of the molecule is COc1ccc(S(=O)(=O)N2CCN(CCc3nc(OCC4(C)COCOC4)c4ccccc4n3)CC2)cc1. The van der Waals surface area contributed by atoms with E-state index in [1.54, 1.807) is 35.7 Å². The molecular weight excluding hydrogens is 508 g/mol. The lowest BCUT2D eigenvalue weighted by molar-refractivity contribution is -0.167. The molecule has 2 saturated heterocycles. The van der Waals surface area contributed by atoms with E-state index in [9.17, 15) is 8.42 Å². The Kier molecular flexibility index (Phi) is 8.10. The number of rotatable bonds is 9. The monoisotopic (exact) mass is 542 g/mol. The third kappa shape index (κ3) is 6.08. The van der Waals surface area contributed by atoms with E-state index in [2.05, 4.69) is 11.8 Å². The number of para-hydroxylation sites is 1. The molecule has 1 aromatic heterocycles. The number of hydrogen-bond acceptors (Lipinski definition) is 9. The molecule has 0 saturated carbocycles. The summed E-state index contributed by atoms with van der Waals surface area (Å²) in [6.07, 6.45) is 0.635. The molecule has 2 aliphatic heterocycles. The van der Waals surface area contributed by atoms with E-state index >= 15 is 0 Å². The topological polar surface area (TPSA) is 103 Å². The Morgan fingerprint density at radius 1 is 0.974 bits per heavy atom. The van der Waals surface area contributed by atoms with Crippen molar-refractivity contribution in [3.63, 3.8) is 0 Å². The predicted octanol–water partition coefficient (Wildman–Crippen LogP) is 2.58. The van der Waals surface area contributed by atoms with Gasteiger partial charge >= 0.3 is 0 Å². The second-order valence-corrected chi connectivity index (χ2v) is 12.0. The van der Waals surface area contributed by atoms with Gasteiger partial charge in [0.15, 0.2) is 0 Å². The van der Waals surface area contributed by atoms with Gasteiger partial charge in [-0.3, -0.25) is 0 Å². The van der Waals surface area contributed by atoms with E-state index in [-0.39, 0.29) is 10.3 Å². The average molecular weight is 543 g/mol. The van der Waals surface area contributed by atoms with Crippen molar-refractivity contribution in [3.05, 3.63) is 54.4 Å². The Hall–Kier alpha value is -2.83.